The van der Waals surface area contributed by atoms with Crippen molar-refractivity contribution in [3.05, 3.63) is 58.2 Å². The van der Waals surface area contributed by atoms with E-state index in [4.69, 9.17) is 22.1 Å². The van der Waals surface area contributed by atoms with E-state index in [9.17, 15) is 18.3 Å². The Morgan fingerprint density at radius 1 is 1.25 bits per heavy atom. The topological polar surface area (TPSA) is 119 Å². The minimum Gasteiger partial charge on any atom is -0.506 e. The molecule has 4 N–H and O–H groups in total. The highest BCUT2D eigenvalue weighted by atomic mass is 35.5. The minimum absolute atomic E-state index is 0.0347. The summed E-state index contributed by atoms with van der Waals surface area (Å²) in [6, 6.07) is 8.78. The van der Waals surface area contributed by atoms with Crippen LogP contribution in [0.25, 0.3) is 5.57 Å². The number of phenolic OH excluding ortho intramolecular Hbond substituents is 1. The fraction of sp³-hybridized carbons (Fsp3) is 0.211. The molecule has 0 aliphatic heterocycles. The largest absolute Gasteiger partial charge is 0.506 e. The van der Waals surface area contributed by atoms with Gasteiger partial charge in [-0.1, -0.05) is 29.3 Å². The molecule has 0 aliphatic rings. The number of aromatic hydroxyl groups is 1. The monoisotopic (exact) mass is 424 g/mol. The second kappa shape index (κ2) is 8.53. The highest BCUT2D eigenvalue weighted by Gasteiger charge is 2.23. The van der Waals surface area contributed by atoms with Crippen molar-refractivity contribution in [3.8, 4) is 5.75 Å². The van der Waals surface area contributed by atoms with Gasteiger partial charge in [0.05, 0.1) is 27.8 Å². The van der Waals surface area contributed by atoms with Crippen LogP contribution in [0.15, 0.2) is 47.0 Å². The molecule has 0 saturated carbocycles. The van der Waals surface area contributed by atoms with Crippen LogP contribution in [0.2, 0.25) is 5.02 Å². The number of carbonyl (C=O) groups excluding carboxylic acids is 1. The molecule has 2 rings (SSSR count). The number of phenols is 1. The van der Waals surface area contributed by atoms with Gasteiger partial charge < -0.3 is 15.6 Å². The van der Waals surface area contributed by atoms with Gasteiger partial charge in [-0.05, 0) is 45.0 Å². The number of nitrogens with one attached hydrogen (secondary N) is 1. The molecule has 0 saturated heterocycles. The molecule has 2 aromatic rings. The van der Waals surface area contributed by atoms with E-state index in [2.05, 4.69) is 4.72 Å². The summed E-state index contributed by atoms with van der Waals surface area (Å²) >= 11 is 6.04. The van der Waals surface area contributed by atoms with Gasteiger partial charge in [0, 0.05) is 11.3 Å². The number of benzene rings is 2. The Labute approximate surface area is 168 Å². The number of hydrogen-bond acceptors (Lipinski definition) is 6. The second-order valence-electron chi connectivity index (χ2n) is 6.05. The highest BCUT2D eigenvalue weighted by Crippen LogP contribution is 2.37. The Morgan fingerprint density at radius 3 is 2.39 bits per heavy atom. The van der Waals surface area contributed by atoms with Gasteiger partial charge in [0.1, 0.15) is 5.75 Å². The summed E-state index contributed by atoms with van der Waals surface area (Å²) in [6.45, 7) is 5.03. The van der Waals surface area contributed by atoms with Crippen molar-refractivity contribution in [2.45, 2.75) is 25.7 Å². The third-order valence-electron chi connectivity index (χ3n) is 3.79. The number of esters is 1. The summed E-state index contributed by atoms with van der Waals surface area (Å²) in [5.41, 5.74) is 6.71. The average molecular weight is 425 g/mol. The summed E-state index contributed by atoms with van der Waals surface area (Å²) in [7, 11) is -3.91. The molecule has 0 unspecified atom stereocenters. The highest BCUT2D eigenvalue weighted by molar-refractivity contribution is 7.92. The number of allylic oxidation sites excluding steroid dienone is 1. The number of rotatable bonds is 6. The van der Waals surface area contributed by atoms with Crippen LogP contribution in [-0.2, 0) is 19.6 Å². The van der Waals surface area contributed by atoms with Gasteiger partial charge in [0.15, 0.2) is 0 Å². The molecule has 0 atom stereocenters. The molecule has 0 bridgehead atoms. The molecule has 0 aromatic heterocycles. The Morgan fingerprint density at radius 2 is 1.86 bits per heavy atom. The van der Waals surface area contributed by atoms with Crippen molar-refractivity contribution in [1.29, 1.82) is 0 Å². The first-order valence-electron chi connectivity index (χ1n) is 8.32. The molecule has 2 aromatic carbocycles. The van der Waals surface area contributed by atoms with E-state index < -0.39 is 21.7 Å². The molecular weight excluding hydrogens is 404 g/mol. The third-order valence-corrected chi connectivity index (χ3v) is 5.48. The molecule has 0 amide bonds. The molecule has 0 heterocycles. The molecule has 0 fully saturated rings. The van der Waals surface area contributed by atoms with Crippen LogP contribution in [0.5, 0.6) is 5.75 Å². The SMILES string of the molecule is CCOC(=O)C(=C(C)N)c1cc(NS(=O)(=O)c2ccc(C)cc2)cc(Cl)c1O. The number of anilines is 1. The summed E-state index contributed by atoms with van der Waals surface area (Å²) in [6.07, 6.45) is 0. The van der Waals surface area contributed by atoms with Gasteiger partial charge in [-0.25, -0.2) is 13.2 Å². The maximum Gasteiger partial charge on any atom is 0.340 e. The van der Waals surface area contributed by atoms with Crippen molar-refractivity contribution in [2.24, 2.45) is 5.73 Å². The van der Waals surface area contributed by atoms with Crippen LogP contribution < -0.4 is 10.5 Å². The van der Waals surface area contributed by atoms with Gasteiger partial charge >= 0.3 is 5.97 Å². The third kappa shape index (κ3) is 4.76. The van der Waals surface area contributed by atoms with Crippen LogP contribution in [0, 0.1) is 6.92 Å². The number of aryl methyl sites for hydroxylation is 1. The smallest absolute Gasteiger partial charge is 0.340 e. The van der Waals surface area contributed by atoms with Gasteiger partial charge in [0.2, 0.25) is 0 Å². The van der Waals surface area contributed by atoms with Crippen molar-refractivity contribution in [3.63, 3.8) is 0 Å². The zero-order valence-corrected chi connectivity index (χ0v) is 17.2. The van der Waals surface area contributed by atoms with E-state index in [1.165, 1.54) is 31.2 Å². The average Bonchev–Trinajstić information content (AvgIpc) is 2.59. The van der Waals surface area contributed by atoms with Crippen LogP contribution in [0.4, 0.5) is 5.69 Å². The molecule has 9 heteroatoms. The van der Waals surface area contributed by atoms with Crippen molar-refractivity contribution >= 4 is 38.9 Å². The molecule has 7 nitrogen and oxygen atoms in total. The maximum atomic E-state index is 12.6. The first-order chi connectivity index (χ1) is 13.1. The molecule has 150 valence electrons. The first-order valence-corrected chi connectivity index (χ1v) is 10.2. The summed E-state index contributed by atoms with van der Waals surface area (Å²) in [5.74, 6) is -1.17. The van der Waals surface area contributed by atoms with Gasteiger partial charge in [0.25, 0.3) is 10.0 Å². The van der Waals surface area contributed by atoms with E-state index in [1.807, 2.05) is 6.92 Å². The Bertz CT molecular complexity index is 1030. The number of hydrogen-bond donors (Lipinski definition) is 3. The molecule has 0 aliphatic carbocycles. The number of halogens is 1. The van der Waals surface area contributed by atoms with E-state index >= 15 is 0 Å². The molecule has 0 radical (unpaired) electrons. The molecular formula is C19H21ClN2O5S. The fourth-order valence-electron chi connectivity index (χ4n) is 2.47. The van der Waals surface area contributed by atoms with E-state index in [-0.39, 0.29) is 39.0 Å². The number of sulfonamides is 1. The van der Waals surface area contributed by atoms with E-state index in [0.717, 1.165) is 5.56 Å². The number of carbonyl (C=O) groups is 1. The molecule has 0 spiro atoms. The Kier molecular flexibility index (Phi) is 6.58. The lowest BCUT2D eigenvalue weighted by Gasteiger charge is -2.15. The zero-order valence-electron chi connectivity index (χ0n) is 15.6. The fourth-order valence-corrected chi connectivity index (χ4v) is 3.73. The van der Waals surface area contributed by atoms with Crippen LogP contribution in [0.3, 0.4) is 0 Å². The Balaban J connectivity index is 2.52. The van der Waals surface area contributed by atoms with E-state index in [1.54, 1.807) is 19.1 Å². The molecule has 28 heavy (non-hydrogen) atoms. The van der Waals surface area contributed by atoms with Crippen molar-refractivity contribution in [1.82, 2.24) is 0 Å². The lowest BCUT2D eigenvalue weighted by Crippen LogP contribution is -2.15. The predicted molar refractivity (Wildman–Crippen MR) is 109 cm³/mol. The minimum atomic E-state index is -3.91. The van der Waals surface area contributed by atoms with Crippen LogP contribution in [-0.4, -0.2) is 26.1 Å². The number of nitrogens with two attached hydrogens (primary N) is 1. The van der Waals surface area contributed by atoms with Crippen LogP contribution >= 0.6 is 11.6 Å². The normalized spacial score (nSPS) is 12.3. The lowest BCUT2D eigenvalue weighted by atomic mass is 10.0. The van der Waals surface area contributed by atoms with Crippen LogP contribution in [0.1, 0.15) is 25.0 Å². The predicted octanol–water partition coefficient (Wildman–Crippen LogP) is 3.41. The van der Waals surface area contributed by atoms with Gasteiger partial charge in [-0.2, -0.15) is 0 Å². The first kappa shape index (κ1) is 21.6. The summed E-state index contributed by atoms with van der Waals surface area (Å²) in [4.78, 5) is 12.3. The maximum absolute atomic E-state index is 12.6. The summed E-state index contributed by atoms with van der Waals surface area (Å²) < 4.78 is 32.6. The van der Waals surface area contributed by atoms with E-state index in [0.29, 0.717) is 0 Å². The van der Waals surface area contributed by atoms with Gasteiger partial charge in [-0.3, -0.25) is 4.72 Å². The zero-order chi connectivity index (χ0) is 21.1. The standard InChI is InChI=1S/C19H21ClN2O5S/c1-4-27-19(24)17(12(3)21)15-9-13(10-16(20)18(15)23)22-28(25,26)14-7-5-11(2)6-8-14/h5-10,22-23H,4,21H2,1-3H3. The van der Waals surface area contributed by atoms with Crippen molar-refractivity contribution in [2.75, 3.05) is 11.3 Å². The van der Waals surface area contributed by atoms with Gasteiger partial charge in [-0.15, -0.1) is 0 Å². The summed E-state index contributed by atoms with van der Waals surface area (Å²) in [5, 5.41) is 10.1. The second-order valence-corrected chi connectivity index (χ2v) is 8.14. The Hall–Kier alpha value is -2.71. The van der Waals surface area contributed by atoms with Crippen molar-refractivity contribution < 1.29 is 23.1 Å². The lowest BCUT2D eigenvalue weighted by molar-refractivity contribution is -0.136. The number of ether oxygens (including phenoxy) is 1. The quantitative estimate of drug-likeness (QED) is 0.371.